The minimum absolute atomic E-state index is 0.177. The lowest BCUT2D eigenvalue weighted by atomic mass is 10.1. The highest BCUT2D eigenvalue weighted by Crippen LogP contribution is 2.15. The molecule has 1 aromatic carbocycles. The first-order valence-electron chi connectivity index (χ1n) is 5.02. The first kappa shape index (κ1) is 13.0. The average molecular weight is 231 g/mol. The third kappa shape index (κ3) is 3.84. The topological polar surface area (TPSA) is 52.5 Å². The number of hydrogen-bond acceptors (Lipinski definition) is 3. The molecule has 0 radical (unpaired) electrons. The average Bonchev–Trinajstić information content (AvgIpc) is 2.21. The Bertz CT molecular complexity index is 345. The summed E-state index contributed by atoms with van der Waals surface area (Å²) in [6, 6.07) is 3.26. The van der Waals surface area contributed by atoms with Crippen molar-refractivity contribution in [2.24, 2.45) is 0 Å². The molecule has 2 atom stereocenters. The molecule has 0 aliphatic rings. The van der Waals surface area contributed by atoms with E-state index in [1.54, 1.807) is 6.92 Å². The van der Waals surface area contributed by atoms with Gasteiger partial charge in [0.05, 0.1) is 12.2 Å². The second-order valence-corrected chi connectivity index (χ2v) is 3.70. The summed E-state index contributed by atoms with van der Waals surface area (Å²) in [6.07, 6.45) is -1.44. The second kappa shape index (κ2) is 5.89. The van der Waals surface area contributed by atoms with Crippen LogP contribution in [0.5, 0.6) is 0 Å². The predicted octanol–water partition coefficient (Wildman–Crippen LogP) is 0.969. The van der Waals surface area contributed by atoms with E-state index in [0.29, 0.717) is 12.1 Å². The SMILES string of the molecule is CC(O)CNCC(O)c1ccc(F)c(F)c1. The maximum absolute atomic E-state index is 12.8. The van der Waals surface area contributed by atoms with E-state index in [4.69, 9.17) is 5.11 Å². The molecule has 0 aliphatic carbocycles. The number of aliphatic hydroxyl groups is 2. The Morgan fingerprint density at radius 3 is 2.44 bits per heavy atom. The molecule has 0 bridgehead atoms. The molecule has 90 valence electrons. The zero-order chi connectivity index (χ0) is 12.1. The van der Waals surface area contributed by atoms with E-state index < -0.39 is 23.8 Å². The lowest BCUT2D eigenvalue weighted by Crippen LogP contribution is -2.28. The van der Waals surface area contributed by atoms with Crippen LogP contribution in [-0.4, -0.2) is 29.4 Å². The molecule has 1 aromatic rings. The van der Waals surface area contributed by atoms with Crippen molar-refractivity contribution in [2.75, 3.05) is 13.1 Å². The van der Waals surface area contributed by atoms with Crippen LogP contribution in [0.3, 0.4) is 0 Å². The molecular formula is C11H15F2NO2. The molecule has 0 aromatic heterocycles. The smallest absolute Gasteiger partial charge is 0.159 e. The highest BCUT2D eigenvalue weighted by atomic mass is 19.2. The summed E-state index contributed by atoms with van der Waals surface area (Å²) < 4.78 is 25.5. The molecule has 0 saturated carbocycles. The summed E-state index contributed by atoms with van der Waals surface area (Å²) >= 11 is 0. The molecule has 0 heterocycles. The zero-order valence-corrected chi connectivity index (χ0v) is 8.95. The van der Waals surface area contributed by atoms with Crippen molar-refractivity contribution >= 4 is 0 Å². The van der Waals surface area contributed by atoms with Crippen molar-refractivity contribution in [3.63, 3.8) is 0 Å². The van der Waals surface area contributed by atoms with Crippen LogP contribution in [0, 0.1) is 11.6 Å². The maximum Gasteiger partial charge on any atom is 0.159 e. The minimum atomic E-state index is -0.980. The van der Waals surface area contributed by atoms with Crippen LogP contribution in [0.1, 0.15) is 18.6 Å². The number of nitrogens with one attached hydrogen (secondary N) is 1. The Hall–Kier alpha value is -1.04. The normalized spacial score (nSPS) is 14.8. The number of benzene rings is 1. The number of hydrogen-bond donors (Lipinski definition) is 3. The van der Waals surface area contributed by atoms with Crippen molar-refractivity contribution in [3.8, 4) is 0 Å². The molecule has 3 N–H and O–H groups in total. The van der Waals surface area contributed by atoms with Crippen LogP contribution in [0.25, 0.3) is 0 Å². The Morgan fingerprint density at radius 2 is 1.88 bits per heavy atom. The third-order valence-corrected chi connectivity index (χ3v) is 2.11. The van der Waals surface area contributed by atoms with Gasteiger partial charge < -0.3 is 15.5 Å². The van der Waals surface area contributed by atoms with Gasteiger partial charge in [0, 0.05) is 13.1 Å². The summed E-state index contributed by atoms with van der Waals surface area (Å²) in [4.78, 5) is 0. The summed E-state index contributed by atoms with van der Waals surface area (Å²) in [7, 11) is 0. The van der Waals surface area contributed by atoms with Crippen LogP contribution in [0.15, 0.2) is 18.2 Å². The third-order valence-electron chi connectivity index (χ3n) is 2.11. The maximum atomic E-state index is 12.8. The molecule has 0 fully saturated rings. The Morgan fingerprint density at radius 1 is 1.19 bits per heavy atom. The fraction of sp³-hybridized carbons (Fsp3) is 0.455. The summed E-state index contributed by atoms with van der Waals surface area (Å²) in [6.45, 7) is 2.12. The molecular weight excluding hydrogens is 216 g/mol. The largest absolute Gasteiger partial charge is 0.392 e. The van der Waals surface area contributed by atoms with Gasteiger partial charge in [-0.15, -0.1) is 0 Å². The number of aliphatic hydroxyl groups excluding tert-OH is 2. The van der Waals surface area contributed by atoms with Crippen molar-refractivity contribution in [1.29, 1.82) is 0 Å². The van der Waals surface area contributed by atoms with Gasteiger partial charge in [-0.2, -0.15) is 0 Å². The quantitative estimate of drug-likeness (QED) is 0.707. The van der Waals surface area contributed by atoms with E-state index in [0.717, 1.165) is 12.1 Å². The van der Waals surface area contributed by atoms with Crippen LogP contribution in [0.2, 0.25) is 0 Å². The van der Waals surface area contributed by atoms with Crippen molar-refractivity contribution in [3.05, 3.63) is 35.4 Å². The molecule has 0 aliphatic heterocycles. The van der Waals surface area contributed by atoms with E-state index in [-0.39, 0.29) is 6.54 Å². The standard InChI is InChI=1S/C11H15F2NO2/c1-7(15)5-14-6-11(16)8-2-3-9(12)10(13)4-8/h2-4,7,11,14-16H,5-6H2,1H3. The van der Waals surface area contributed by atoms with E-state index in [1.165, 1.54) is 6.07 Å². The summed E-state index contributed by atoms with van der Waals surface area (Å²) in [5.41, 5.74) is 0.303. The Balaban J connectivity index is 2.52. The van der Waals surface area contributed by atoms with Crippen LogP contribution in [0.4, 0.5) is 8.78 Å². The minimum Gasteiger partial charge on any atom is -0.392 e. The van der Waals surface area contributed by atoms with Gasteiger partial charge in [0.15, 0.2) is 11.6 Å². The monoisotopic (exact) mass is 231 g/mol. The van der Waals surface area contributed by atoms with Crippen molar-refractivity contribution < 1.29 is 19.0 Å². The van der Waals surface area contributed by atoms with E-state index in [1.807, 2.05) is 0 Å². The first-order valence-corrected chi connectivity index (χ1v) is 5.02. The van der Waals surface area contributed by atoms with E-state index >= 15 is 0 Å². The molecule has 5 heteroatoms. The molecule has 1 rings (SSSR count). The van der Waals surface area contributed by atoms with Gasteiger partial charge in [0.25, 0.3) is 0 Å². The fourth-order valence-corrected chi connectivity index (χ4v) is 1.27. The number of rotatable bonds is 5. The van der Waals surface area contributed by atoms with Gasteiger partial charge >= 0.3 is 0 Å². The van der Waals surface area contributed by atoms with Crippen LogP contribution < -0.4 is 5.32 Å². The zero-order valence-electron chi connectivity index (χ0n) is 8.95. The van der Waals surface area contributed by atoms with Gasteiger partial charge in [0.2, 0.25) is 0 Å². The molecule has 3 nitrogen and oxygen atoms in total. The highest BCUT2D eigenvalue weighted by Gasteiger charge is 2.10. The molecule has 2 unspecified atom stereocenters. The molecule has 0 spiro atoms. The molecule has 0 saturated heterocycles. The second-order valence-electron chi connectivity index (χ2n) is 3.70. The Kier molecular flexibility index (Phi) is 4.79. The van der Waals surface area contributed by atoms with Gasteiger partial charge in [-0.3, -0.25) is 0 Å². The van der Waals surface area contributed by atoms with Crippen LogP contribution >= 0.6 is 0 Å². The fourth-order valence-electron chi connectivity index (χ4n) is 1.27. The van der Waals surface area contributed by atoms with Gasteiger partial charge in [-0.1, -0.05) is 6.07 Å². The summed E-state index contributed by atoms with van der Waals surface area (Å²) in [5, 5.41) is 21.4. The van der Waals surface area contributed by atoms with Crippen molar-refractivity contribution in [2.45, 2.75) is 19.1 Å². The van der Waals surface area contributed by atoms with E-state index in [9.17, 15) is 13.9 Å². The van der Waals surface area contributed by atoms with Gasteiger partial charge in [0.1, 0.15) is 0 Å². The van der Waals surface area contributed by atoms with Gasteiger partial charge in [-0.05, 0) is 24.6 Å². The molecule has 16 heavy (non-hydrogen) atoms. The summed E-state index contributed by atoms with van der Waals surface area (Å²) in [5.74, 6) is -1.92. The first-order chi connectivity index (χ1) is 7.50. The van der Waals surface area contributed by atoms with E-state index in [2.05, 4.69) is 5.32 Å². The van der Waals surface area contributed by atoms with Crippen LogP contribution in [-0.2, 0) is 0 Å². The highest BCUT2D eigenvalue weighted by molar-refractivity contribution is 5.20. The lowest BCUT2D eigenvalue weighted by molar-refractivity contribution is 0.154. The van der Waals surface area contributed by atoms with Gasteiger partial charge in [-0.25, -0.2) is 8.78 Å². The Labute approximate surface area is 92.7 Å². The predicted molar refractivity (Wildman–Crippen MR) is 55.9 cm³/mol. The van der Waals surface area contributed by atoms with Crippen molar-refractivity contribution in [1.82, 2.24) is 5.32 Å². The number of halogens is 2. The lowest BCUT2D eigenvalue weighted by Gasteiger charge is -2.13. The molecule has 0 amide bonds.